The van der Waals surface area contributed by atoms with Crippen molar-refractivity contribution in [2.24, 2.45) is 23.2 Å². The second kappa shape index (κ2) is 4.68. The Morgan fingerprint density at radius 2 is 1.93 bits per heavy atom. The highest BCUT2D eigenvalue weighted by Gasteiger charge is 2.39. The summed E-state index contributed by atoms with van der Waals surface area (Å²) >= 11 is 0. The van der Waals surface area contributed by atoms with Crippen molar-refractivity contribution in [1.82, 2.24) is 0 Å². The molecule has 14 heavy (non-hydrogen) atoms. The van der Waals surface area contributed by atoms with Crippen molar-refractivity contribution in [3.8, 4) is 0 Å². The van der Waals surface area contributed by atoms with E-state index in [0.717, 1.165) is 17.8 Å². The van der Waals surface area contributed by atoms with Crippen LogP contribution in [0.5, 0.6) is 0 Å². The molecule has 1 saturated carbocycles. The quantitative estimate of drug-likeness (QED) is 0.601. The van der Waals surface area contributed by atoms with Gasteiger partial charge in [-0.15, -0.1) is 0 Å². The van der Waals surface area contributed by atoms with Crippen molar-refractivity contribution in [3.63, 3.8) is 0 Å². The van der Waals surface area contributed by atoms with E-state index in [4.69, 9.17) is 0 Å². The first-order chi connectivity index (χ1) is 6.48. The topological polar surface area (TPSA) is 0 Å². The minimum atomic E-state index is 0.605. The van der Waals surface area contributed by atoms with Gasteiger partial charge >= 0.3 is 0 Å². The molecule has 0 amide bonds. The molecule has 1 fully saturated rings. The van der Waals surface area contributed by atoms with Crippen LogP contribution in [0.1, 0.15) is 66.7 Å². The largest absolute Gasteiger partial charge is 0.0651 e. The summed E-state index contributed by atoms with van der Waals surface area (Å²) in [5.74, 6) is 2.86. The van der Waals surface area contributed by atoms with E-state index in [1.807, 2.05) is 0 Å². The molecule has 0 radical (unpaired) electrons. The first-order valence-electron chi connectivity index (χ1n) is 6.48. The predicted octanol–water partition coefficient (Wildman–Crippen LogP) is 4.89. The fourth-order valence-electron chi connectivity index (χ4n) is 2.80. The number of hydrogen-bond donors (Lipinski definition) is 0. The van der Waals surface area contributed by atoms with Crippen LogP contribution in [0, 0.1) is 23.2 Å². The van der Waals surface area contributed by atoms with Gasteiger partial charge in [-0.25, -0.2) is 0 Å². The van der Waals surface area contributed by atoms with Crippen molar-refractivity contribution in [2.75, 3.05) is 0 Å². The maximum atomic E-state index is 2.48. The van der Waals surface area contributed by atoms with Crippen LogP contribution in [0.15, 0.2) is 0 Å². The Balaban J connectivity index is 2.39. The first-order valence-corrected chi connectivity index (χ1v) is 6.48. The molecule has 2 unspecified atom stereocenters. The number of rotatable bonds is 4. The Morgan fingerprint density at radius 3 is 2.36 bits per heavy atom. The van der Waals surface area contributed by atoms with Gasteiger partial charge in [-0.3, -0.25) is 0 Å². The molecule has 0 bridgehead atoms. The van der Waals surface area contributed by atoms with Gasteiger partial charge in [-0.2, -0.15) is 0 Å². The molecule has 0 aromatic heterocycles. The summed E-state index contributed by atoms with van der Waals surface area (Å²) in [4.78, 5) is 0. The Hall–Kier alpha value is 0. The van der Waals surface area contributed by atoms with Crippen molar-refractivity contribution < 1.29 is 0 Å². The highest BCUT2D eigenvalue weighted by molar-refractivity contribution is 4.89. The molecule has 0 heterocycles. The van der Waals surface area contributed by atoms with Crippen molar-refractivity contribution in [1.29, 1.82) is 0 Å². The van der Waals surface area contributed by atoms with Gasteiger partial charge in [0, 0.05) is 0 Å². The molecule has 3 atom stereocenters. The van der Waals surface area contributed by atoms with Crippen molar-refractivity contribution in [2.45, 2.75) is 66.7 Å². The van der Waals surface area contributed by atoms with Gasteiger partial charge in [-0.1, -0.05) is 47.5 Å². The van der Waals surface area contributed by atoms with Crippen LogP contribution < -0.4 is 0 Å². The highest BCUT2D eigenvalue weighted by atomic mass is 14.4. The molecule has 0 spiro atoms. The van der Waals surface area contributed by atoms with Gasteiger partial charge in [0.1, 0.15) is 0 Å². The normalized spacial score (nSPS) is 33.2. The molecule has 1 aliphatic rings. The van der Waals surface area contributed by atoms with Crippen molar-refractivity contribution >= 4 is 0 Å². The third-order valence-electron chi connectivity index (χ3n) is 4.98. The van der Waals surface area contributed by atoms with Crippen LogP contribution in [-0.4, -0.2) is 0 Å². The monoisotopic (exact) mass is 196 g/mol. The van der Waals surface area contributed by atoms with E-state index in [1.165, 1.54) is 32.1 Å². The third kappa shape index (κ3) is 2.52. The van der Waals surface area contributed by atoms with Crippen molar-refractivity contribution in [3.05, 3.63) is 0 Å². The summed E-state index contributed by atoms with van der Waals surface area (Å²) in [5.41, 5.74) is 0.605. The van der Waals surface area contributed by atoms with Crippen LogP contribution >= 0.6 is 0 Å². The van der Waals surface area contributed by atoms with Crippen LogP contribution in [0.2, 0.25) is 0 Å². The minimum absolute atomic E-state index is 0.605. The summed E-state index contributed by atoms with van der Waals surface area (Å²) < 4.78 is 0. The minimum Gasteiger partial charge on any atom is -0.0651 e. The molecule has 0 N–H and O–H groups in total. The zero-order valence-electron chi connectivity index (χ0n) is 10.8. The Labute approximate surface area is 90.5 Å². The average molecular weight is 196 g/mol. The lowest BCUT2D eigenvalue weighted by Gasteiger charge is -2.32. The predicted molar refractivity (Wildman–Crippen MR) is 64.4 cm³/mol. The summed E-state index contributed by atoms with van der Waals surface area (Å²) in [5, 5.41) is 0. The summed E-state index contributed by atoms with van der Waals surface area (Å²) in [7, 11) is 0. The van der Waals surface area contributed by atoms with E-state index < -0.39 is 0 Å². The SMILES string of the molecule is CCC(C)CC[C@@H]1CCC(C)C1(C)C. The van der Waals surface area contributed by atoms with Gasteiger partial charge in [0.15, 0.2) is 0 Å². The maximum absolute atomic E-state index is 2.48. The van der Waals surface area contributed by atoms with Gasteiger partial charge in [0.25, 0.3) is 0 Å². The zero-order chi connectivity index (χ0) is 10.8. The lowest BCUT2D eigenvalue weighted by molar-refractivity contribution is 0.180. The van der Waals surface area contributed by atoms with E-state index in [1.54, 1.807) is 0 Å². The summed E-state index contributed by atoms with van der Waals surface area (Å²) in [6.45, 7) is 12.1. The molecule has 0 nitrogen and oxygen atoms in total. The van der Waals surface area contributed by atoms with Crippen LogP contribution in [-0.2, 0) is 0 Å². The fraction of sp³-hybridized carbons (Fsp3) is 1.00. The lowest BCUT2D eigenvalue weighted by atomic mass is 9.74. The van der Waals surface area contributed by atoms with Gasteiger partial charge in [-0.05, 0) is 42.4 Å². The molecular weight excluding hydrogens is 168 g/mol. The molecule has 84 valence electrons. The van der Waals surface area contributed by atoms with E-state index in [-0.39, 0.29) is 0 Å². The highest BCUT2D eigenvalue weighted by Crippen LogP contribution is 2.49. The summed E-state index contributed by atoms with van der Waals surface area (Å²) in [6.07, 6.45) is 7.19. The second-order valence-electron chi connectivity index (χ2n) is 6.09. The molecule has 0 saturated heterocycles. The molecule has 1 aliphatic carbocycles. The third-order valence-corrected chi connectivity index (χ3v) is 4.98. The molecule has 1 rings (SSSR count). The second-order valence-corrected chi connectivity index (χ2v) is 6.09. The van der Waals surface area contributed by atoms with Crippen LogP contribution in [0.4, 0.5) is 0 Å². The van der Waals surface area contributed by atoms with Gasteiger partial charge in [0.2, 0.25) is 0 Å². The molecule has 0 aliphatic heterocycles. The van der Waals surface area contributed by atoms with Crippen LogP contribution in [0.3, 0.4) is 0 Å². The molecule has 0 heteroatoms. The number of hydrogen-bond acceptors (Lipinski definition) is 0. The van der Waals surface area contributed by atoms with E-state index in [9.17, 15) is 0 Å². The van der Waals surface area contributed by atoms with E-state index in [0.29, 0.717) is 5.41 Å². The van der Waals surface area contributed by atoms with E-state index >= 15 is 0 Å². The molecule has 0 aromatic carbocycles. The Bertz CT molecular complexity index is 169. The lowest BCUT2D eigenvalue weighted by Crippen LogP contribution is -2.23. The molecular formula is C14H28. The maximum Gasteiger partial charge on any atom is -0.0300 e. The first kappa shape index (κ1) is 12.1. The standard InChI is InChI=1S/C14H28/c1-6-11(2)7-9-13-10-8-12(3)14(13,4)5/h11-13H,6-10H2,1-5H3/t11?,12?,13-/m1/s1. The summed E-state index contributed by atoms with van der Waals surface area (Å²) in [6, 6.07) is 0. The smallest absolute Gasteiger partial charge is 0.0300 e. The Morgan fingerprint density at radius 1 is 1.29 bits per heavy atom. The fourth-order valence-corrected chi connectivity index (χ4v) is 2.80. The average Bonchev–Trinajstić information content (AvgIpc) is 2.39. The van der Waals surface area contributed by atoms with Gasteiger partial charge < -0.3 is 0 Å². The molecule has 0 aromatic rings. The Kier molecular flexibility index (Phi) is 4.04. The van der Waals surface area contributed by atoms with Crippen LogP contribution in [0.25, 0.3) is 0 Å². The van der Waals surface area contributed by atoms with E-state index in [2.05, 4.69) is 34.6 Å². The van der Waals surface area contributed by atoms with Gasteiger partial charge in [0.05, 0.1) is 0 Å². The zero-order valence-corrected chi connectivity index (χ0v) is 10.8.